The highest BCUT2D eigenvalue weighted by atomic mass is 32.2. The molecule has 0 fully saturated rings. The average molecular weight is 552 g/mol. The van der Waals surface area contributed by atoms with E-state index in [2.05, 4.69) is 10.6 Å². The summed E-state index contributed by atoms with van der Waals surface area (Å²) in [6, 6.07) is 27.5. The Bertz CT molecular complexity index is 1600. The number of halogens is 1. The van der Waals surface area contributed by atoms with Gasteiger partial charge >= 0.3 is 0 Å². The zero-order valence-electron chi connectivity index (χ0n) is 21.0. The molecule has 0 saturated carbocycles. The Hall–Kier alpha value is -5.02. The minimum Gasteiger partial charge on any atom is -0.321 e. The van der Waals surface area contributed by atoms with Crippen LogP contribution < -0.4 is 10.6 Å². The van der Waals surface area contributed by atoms with Gasteiger partial charge in [-0.2, -0.15) is 0 Å². The van der Waals surface area contributed by atoms with E-state index in [1.165, 1.54) is 47.0 Å². The van der Waals surface area contributed by atoms with Gasteiger partial charge in [0, 0.05) is 16.1 Å². The summed E-state index contributed by atoms with van der Waals surface area (Å²) in [6.07, 6.45) is 1.45. The number of carbonyl (C=O) groups excluding carboxylic acids is 4. The summed E-state index contributed by atoms with van der Waals surface area (Å²) >= 11 is 1.27. The van der Waals surface area contributed by atoms with Crippen LogP contribution in [0.2, 0.25) is 0 Å². The number of thioether (sulfide) groups is 1. The molecule has 0 radical (unpaired) electrons. The van der Waals surface area contributed by atoms with E-state index in [1.807, 2.05) is 0 Å². The first-order valence-electron chi connectivity index (χ1n) is 12.2. The Morgan fingerprint density at radius 1 is 0.800 bits per heavy atom. The van der Waals surface area contributed by atoms with Gasteiger partial charge in [-0.05, 0) is 66.2 Å². The van der Waals surface area contributed by atoms with Gasteiger partial charge in [0.15, 0.2) is 0 Å². The van der Waals surface area contributed by atoms with Crippen LogP contribution in [-0.2, 0) is 4.79 Å². The van der Waals surface area contributed by atoms with Crippen molar-refractivity contribution in [2.24, 2.45) is 0 Å². The molecule has 0 aromatic heterocycles. The Kier molecular flexibility index (Phi) is 7.84. The van der Waals surface area contributed by atoms with Gasteiger partial charge in [-0.25, -0.2) is 4.39 Å². The van der Waals surface area contributed by atoms with Gasteiger partial charge in [-0.15, -0.1) is 11.8 Å². The van der Waals surface area contributed by atoms with Crippen LogP contribution in [-0.4, -0.2) is 34.4 Å². The number of fused-ring (bicyclic) bond motifs is 1. The van der Waals surface area contributed by atoms with Crippen molar-refractivity contribution in [1.82, 2.24) is 10.2 Å². The van der Waals surface area contributed by atoms with Crippen molar-refractivity contribution in [3.8, 4) is 0 Å². The van der Waals surface area contributed by atoms with Crippen LogP contribution in [0.1, 0.15) is 36.6 Å². The lowest BCUT2D eigenvalue weighted by atomic mass is 10.1. The Morgan fingerprint density at radius 3 is 2.12 bits per heavy atom. The SMILES string of the molecule is O=C(Nc1cccc(SCN2C(=O)c3ccccc3C2=O)c1)/C(=C/c1ccc(F)cc1)NC(=O)c1ccccc1. The highest BCUT2D eigenvalue weighted by molar-refractivity contribution is 7.99. The third-order valence-corrected chi connectivity index (χ3v) is 7.01. The van der Waals surface area contributed by atoms with Gasteiger partial charge in [-0.1, -0.05) is 48.5 Å². The second-order valence-corrected chi connectivity index (χ2v) is 9.79. The predicted octanol–water partition coefficient (Wildman–Crippen LogP) is 5.58. The van der Waals surface area contributed by atoms with E-state index in [0.29, 0.717) is 32.8 Å². The summed E-state index contributed by atoms with van der Waals surface area (Å²) in [4.78, 5) is 53.3. The molecule has 7 nitrogen and oxygen atoms in total. The number of rotatable bonds is 8. The Balaban J connectivity index is 1.30. The topological polar surface area (TPSA) is 95.6 Å². The maximum absolute atomic E-state index is 13.4. The molecule has 0 atom stereocenters. The molecule has 4 aromatic rings. The Labute approximate surface area is 233 Å². The normalized spacial score (nSPS) is 12.7. The summed E-state index contributed by atoms with van der Waals surface area (Å²) in [5.74, 6) is -2.07. The van der Waals surface area contributed by atoms with Crippen molar-refractivity contribution in [3.05, 3.63) is 137 Å². The molecular weight excluding hydrogens is 529 g/mol. The second kappa shape index (κ2) is 11.8. The first-order chi connectivity index (χ1) is 19.4. The third-order valence-electron chi connectivity index (χ3n) is 6.04. The molecule has 1 aliphatic heterocycles. The fraction of sp³-hybridized carbons (Fsp3) is 0.0323. The maximum atomic E-state index is 13.4. The fourth-order valence-corrected chi connectivity index (χ4v) is 4.92. The lowest BCUT2D eigenvalue weighted by molar-refractivity contribution is -0.113. The van der Waals surface area contributed by atoms with Gasteiger partial charge in [0.05, 0.1) is 17.0 Å². The van der Waals surface area contributed by atoms with Crippen LogP contribution >= 0.6 is 11.8 Å². The highest BCUT2D eigenvalue weighted by Crippen LogP contribution is 2.28. The van der Waals surface area contributed by atoms with Crippen LogP contribution in [0.15, 0.2) is 114 Å². The minimum atomic E-state index is -0.587. The molecule has 2 N–H and O–H groups in total. The van der Waals surface area contributed by atoms with Crippen molar-refractivity contribution in [2.45, 2.75) is 4.90 Å². The molecule has 0 spiro atoms. The Morgan fingerprint density at radius 2 is 1.45 bits per heavy atom. The van der Waals surface area contributed by atoms with Crippen LogP contribution in [0.25, 0.3) is 6.08 Å². The lowest BCUT2D eigenvalue weighted by Gasteiger charge is -2.14. The van der Waals surface area contributed by atoms with E-state index in [4.69, 9.17) is 0 Å². The van der Waals surface area contributed by atoms with Gasteiger partial charge in [0.1, 0.15) is 11.5 Å². The molecule has 0 saturated heterocycles. The van der Waals surface area contributed by atoms with Crippen molar-refractivity contribution in [1.29, 1.82) is 0 Å². The number of benzene rings is 4. The van der Waals surface area contributed by atoms with Crippen LogP contribution in [0.5, 0.6) is 0 Å². The van der Waals surface area contributed by atoms with Crippen molar-refractivity contribution >= 4 is 47.2 Å². The molecule has 0 aliphatic carbocycles. The predicted molar refractivity (Wildman–Crippen MR) is 151 cm³/mol. The minimum absolute atomic E-state index is 0.0375. The van der Waals surface area contributed by atoms with Crippen molar-refractivity contribution in [2.75, 3.05) is 11.2 Å². The third kappa shape index (κ3) is 6.00. The zero-order valence-corrected chi connectivity index (χ0v) is 21.8. The molecule has 1 aliphatic rings. The van der Waals surface area contributed by atoms with Gasteiger partial charge in [0.25, 0.3) is 23.6 Å². The van der Waals surface area contributed by atoms with E-state index in [0.717, 1.165) is 0 Å². The number of imide groups is 1. The standard InChI is InChI=1S/C31H22FN3O4S/c32-22-15-13-20(14-16-22)17-27(34-28(36)21-7-2-1-3-8-21)29(37)33-23-9-6-10-24(18-23)40-19-35-30(38)25-11-4-5-12-26(25)31(35)39/h1-18H,19H2,(H,33,37)(H,34,36)/b27-17-. The van der Waals surface area contributed by atoms with E-state index < -0.39 is 17.6 Å². The number of hydrogen-bond acceptors (Lipinski definition) is 5. The molecule has 1 heterocycles. The first kappa shape index (κ1) is 26.6. The fourth-order valence-electron chi connectivity index (χ4n) is 4.03. The summed E-state index contributed by atoms with van der Waals surface area (Å²) in [5.41, 5.74) is 2.05. The molecule has 9 heteroatoms. The summed E-state index contributed by atoms with van der Waals surface area (Å²) in [5, 5.41) is 5.41. The first-order valence-corrected chi connectivity index (χ1v) is 13.2. The lowest BCUT2D eigenvalue weighted by Crippen LogP contribution is -2.30. The molecule has 0 bridgehead atoms. The highest BCUT2D eigenvalue weighted by Gasteiger charge is 2.34. The molecule has 5 rings (SSSR count). The van der Waals surface area contributed by atoms with Crippen LogP contribution in [0, 0.1) is 5.82 Å². The number of carbonyl (C=O) groups is 4. The summed E-state index contributed by atoms with van der Waals surface area (Å²) in [7, 11) is 0. The number of amides is 4. The van der Waals surface area contributed by atoms with Crippen LogP contribution in [0.3, 0.4) is 0 Å². The average Bonchev–Trinajstić information content (AvgIpc) is 3.22. The van der Waals surface area contributed by atoms with Gasteiger partial charge in [0.2, 0.25) is 0 Å². The molecular formula is C31H22FN3O4S. The van der Waals surface area contributed by atoms with Crippen LogP contribution in [0.4, 0.5) is 10.1 Å². The molecule has 40 heavy (non-hydrogen) atoms. The molecule has 0 unspecified atom stereocenters. The summed E-state index contributed by atoms with van der Waals surface area (Å²) in [6.45, 7) is 0. The van der Waals surface area contributed by atoms with Gasteiger partial charge in [-0.3, -0.25) is 24.1 Å². The van der Waals surface area contributed by atoms with E-state index in [-0.39, 0.29) is 23.4 Å². The summed E-state index contributed by atoms with van der Waals surface area (Å²) < 4.78 is 13.4. The molecule has 198 valence electrons. The van der Waals surface area contributed by atoms with Gasteiger partial charge < -0.3 is 10.6 Å². The van der Waals surface area contributed by atoms with E-state index in [1.54, 1.807) is 78.9 Å². The smallest absolute Gasteiger partial charge is 0.272 e. The van der Waals surface area contributed by atoms with Crippen molar-refractivity contribution < 1.29 is 23.6 Å². The van der Waals surface area contributed by atoms with Crippen molar-refractivity contribution in [3.63, 3.8) is 0 Å². The number of nitrogens with one attached hydrogen (secondary N) is 2. The molecule has 4 aromatic carbocycles. The maximum Gasteiger partial charge on any atom is 0.272 e. The second-order valence-electron chi connectivity index (χ2n) is 8.77. The van der Waals surface area contributed by atoms with E-state index in [9.17, 15) is 23.6 Å². The largest absolute Gasteiger partial charge is 0.321 e. The quantitative estimate of drug-likeness (QED) is 0.169. The zero-order chi connectivity index (χ0) is 28.1. The monoisotopic (exact) mass is 551 g/mol. The molecule has 4 amide bonds. The number of nitrogens with zero attached hydrogens (tertiary/aromatic N) is 1. The van der Waals surface area contributed by atoms with E-state index >= 15 is 0 Å². The number of hydrogen-bond donors (Lipinski definition) is 2. The number of anilines is 1.